The molecule has 0 radical (unpaired) electrons. The molecular formula is C18H23F2N3O2. The van der Waals surface area contributed by atoms with E-state index in [0.717, 1.165) is 23.0 Å². The maximum atomic E-state index is 14.0. The highest BCUT2D eigenvalue weighted by Crippen LogP contribution is 2.22. The van der Waals surface area contributed by atoms with E-state index in [1.807, 2.05) is 13.8 Å². The van der Waals surface area contributed by atoms with E-state index < -0.39 is 17.2 Å². The molecule has 0 atom stereocenters. The van der Waals surface area contributed by atoms with E-state index in [9.17, 15) is 13.9 Å². The van der Waals surface area contributed by atoms with Crippen LogP contribution < -0.4 is 5.32 Å². The van der Waals surface area contributed by atoms with Crippen LogP contribution in [0.2, 0.25) is 0 Å². The summed E-state index contributed by atoms with van der Waals surface area (Å²) in [6.45, 7) is 5.82. The minimum absolute atomic E-state index is 0.219. The van der Waals surface area contributed by atoms with Crippen molar-refractivity contribution in [2.45, 2.75) is 38.8 Å². The van der Waals surface area contributed by atoms with Crippen LogP contribution in [0.4, 0.5) is 8.78 Å². The number of aliphatic hydroxyl groups is 1. The Morgan fingerprint density at radius 2 is 2.00 bits per heavy atom. The lowest BCUT2D eigenvalue weighted by Crippen LogP contribution is -2.44. The predicted octanol–water partition coefficient (Wildman–Crippen LogP) is 2.40. The molecule has 1 aliphatic rings. The molecule has 3 rings (SSSR count). The zero-order valence-corrected chi connectivity index (χ0v) is 14.5. The normalized spacial score (nSPS) is 17.0. The molecule has 1 aromatic carbocycles. The van der Waals surface area contributed by atoms with Crippen molar-refractivity contribution in [2.75, 3.05) is 19.8 Å². The molecule has 0 bridgehead atoms. The lowest BCUT2D eigenvalue weighted by molar-refractivity contribution is -0.0617. The lowest BCUT2D eigenvalue weighted by Gasteiger charge is -2.32. The van der Waals surface area contributed by atoms with Gasteiger partial charge in [-0.2, -0.15) is 5.10 Å². The van der Waals surface area contributed by atoms with Gasteiger partial charge in [-0.25, -0.2) is 13.5 Å². The Labute approximate surface area is 145 Å². The van der Waals surface area contributed by atoms with Crippen molar-refractivity contribution in [3.63, 3.8) is 0 Å². The van der Waals surface area contributed by atoms with Gasteiger partial charge in [-0.1, -0.05) is 0 Å². The van der Waals surface area contributed by atoms with Gasteiger partial charge in [0, 0.05) is 56.5 Å². The maximum Gasteiger partial charge on any atom is 0.151 e. The van der Waals surface area contributed by atoms with Crippen molar-refractivity contribution in [3.8, 4) is 5.69 Å². The molecule has 2 heterocycles. The molecule has 2 aromatic rings. The second-order valence-electron chi connectivity index (χ2n) is 6.60. The highest BCUT2D eigenvalue weighted by molar-refractivity contribution is 5.38. The summed E-state index contributed by atoms with van der Waals surface area (Å²) in [5, 5.41) is 18.1. The minimum atomic E-state index is -0.751. The van der Waals surface area contributed by atoms with Gasteiger partial charge >= 0.3 is 0 Å². The van der Waals surface area contributed by atoms with Gasteiger partial charge in [0.15, 0.2) is 5.82 Å². The van der Waals surface area contributed by atoms with E-state index in [1.54, 1.807) is 0 Å². The Morgan fingerprint density at radius 1 is 1.28 bits per heavy atom. The predicted molar refractivity (Wildman–Crippen MR) is 89.7 cm³/mol. The Kier molecular flexibility index (Phi) is 5.17. The van der Waals surface area contributed by atoms with Crippen molar-refractivity contribution in [2.24, 2.45) is 0 Å². The second kappa shape index (κ2) is 7.19. The molecule has 25 heavy (non-hydrogen) atoms. The van der Waals surface area contributed by atoms with Crippen LogP contribution in [0.25, 0.3) is 5.69 Å². The van der Waals surface area contributed by atoms with Crippen molar-refractivity contribution in [1.82, 2.24) is 15.1 Å². The summed E-state index contributed by atoms with van der Waals surface area (Å²) in [6, 6.07) is 3.45. The summed E-state index contributed by atoms with van der Waals surface area (Å²) in [4.78, 5) is 0. The largest absolute Gasteiger partial charge is 0.388 e. The number of benzene rings is 1. The Balaban J connectivity index is 1.73. The number of ether oxygens (including phenoxy) is 1. The number of nitrogens with zero attached hydrogens (tertiary/aromatic N) is 2. The van der Waals surface area contributed by atoms with Gasteiger partial charge < -0.3 is 15.2 Å². The van der Waals surface area contributed by atoms with Gasteiger partial charge in [0.25, 0.3) is 0 Å². The van der Waals surface area contributed by atoms with Crippen molar-refractivity contribution in [3.05, 3.63) is 46.8 Å². The number of rotatable bonds is 5. The first-order chi connectivity index (χ1) is 11.9. The smallest absolute Gasteiger partial charge is 0.151 e. The molecule has 0 amide bonds. The van der Waals surface area contributed by atoms with Crippen LogP contribution in [0, 0.1) is 25.5 Å². The van der Waals surface area contributed by atoms with Crippen LogP contribution >= 0.6 is 0 Å². The molecule has 1 aliphatic heterocycles. The van der Waals surface area contributed by atoms with E-state index in [4.69, 9.17) is 4.74 Å². The quantitative estimate of drug-likeness (QED) is 0.869. The van der Waals surface area contributed by atoms with Gasteiger partial charge in [-0.15, -0.1) is 0 Å². The van der Waals surface area contributed by atoms with Gasteiger partial charge in [0.05, 0.1) is 11.3 Å². The van der Waals surface area contributed by atoms with Gasteiger partial charge in [-0.05, 0) is 26.0 Å². The van der Waals surface area contributed by atoms with Crippen molar-refractivity contribution < 1.29 is 18.6 Å². The van der Waals surface area contributed by atoms with E-state index >= 15 is 0 Å². The number of halogens is 2. The number of nitrogens with one attached hydrogen (secondary N) is 1. The maximum absolute atomic E-state index is 14.0. The zero-order chi connectivity index (χ0) is 18.0. The standard InChI is InChI=1S/C18H23F2N3O2/c1-12-15(10-21-11-18(24)5-7-25-8-6-18)13(2)23(22-12)17-4-3-14(19)9-16(17)20/h3-4,9,21,24H,5-8,10-11H2,1-2H3. The van der Waals surface area contributed by atoms with Gasteiger partial charge in [0.1, 0.15) is 11.5 Å². The van der Waals surface area contributed by atoms with Crippen LogP contribution in [0.3, 0.4) is 0 Å². The number of hydrogen-bond acceptors (Lipinski definition) is 4. The fourth-order valence-corrected chi connectivity index (χ4v) is 3.17. The Morgan fingerprint density at radius 3 is 2.68 bits per heavy atom. The molecule has 1 aromatic heterocycles. The van der Waals surface area contributed by atoms with Crippen LogP contribution in [0.15, 0.2) is 18.2 Å². The SMILES string of the molecule is Cc1nn(-c2ccc(F)cc2F)c(C)c1CNCC1(O)CCOCC1. The molecule has 1 saturated heterocycles. The molecule has 7 heteroatoms. The Hall–Kier alpha value is -1.83. The van der Waals surface area contributed by atoms with E-state index in [1.165, 1.54) is 16.8 Å². The first-order valence-corrected chi connectivity index (χ1v) is 8.41. The van der Waals surface area contributed by atoms with Crippen LogP contribution in [-0.4, -0.2) is 40.2 Å². The summed E-state index contributed by atoms with van der Waals surface area (Å²) in [5.41, 5.74) is 1.97. The van der Waals surface area contributed by atoms with E-state index in [0.29, 0.717) is 39.1 Å². The third-order valence-corrected chi connectivity index (χ3v) is 4.76. The Bertz CT molecular complexity index is 755. The highest BCUT2D eigenvalue weighted by atomic mass is 19.1. The summed E-state index contributed by atoms with van der Waals surface area (Å²) < 4.78 is 33.9. The number of aromatic nitrogens is 2. The monoisotopic (exact) mass is 351 g/mol. The second-order valence-corrected chi connectivity index (χ2v) is 6.60. The number of hydrogen-bond donors (Lipinski definition) is 2. The summed E-state index contributed by atoms with van der Waals surface area (Å²) >= 11 is 0. The molecule has 5 nitrogen and oxygen atoms in total. The molecule has 0 aliphatic carbocycles. The van der Waals surface area contributed by atoms with Crippen LogP contribution in [0.1, 0.15) is 29.8 Å². The molecule has 0 spiro atoms. The fourth-order valence-electron chi connectivity index (χ4n) is 3.17. The first-order valence-electron chi connectivity index (χ1n) is 8.41. The first kappa shape index (κ1) is 18.0. The topological polar surface area (TPSA) is 59.3 Å². The van der Waals surface area contributed by atoms with E-state index in [2.05, 4.69) is 10.4 Å². The average Bonchev–Trinajstić information content (AvgIpc) is 2.83. The number of aryl methyl sites for hydroxylation is 1. The van der Waals surface area contributed by atoms with Crippen molar-refractivity contribution in [1.29, 1.82) is 0 Å². The van der Waals surface area contributed by atoms with Crippen LogP contribution in [0.5, 0.6) is 0 Å². The lowest BCUT2D eigenvalue weighted by atomic mass is 9.94. The average molecular weight is 351 g/mol. The molecule has 136 valence electrons. The van der Waals surface area contributed by atoms with E-state index in [-0.39, 0.29) is 5.69 Å². The molecular weight excluding hydrogens is 328 g/mol. The minimum Gasteiger partial charge on any atom is -0.388 e. The fraction of sp³-hybridized carbons (Fsp3) is 0.500. The molecule has 0 saturated carbocycles. The summed E-state index contributed by atoms with van der Waals surface area (Å²) in [5.74, 6) is -1.27. The third kappa shape index (κ3) is 3.89. The summed E-state index contributed by atoms with van der Waals surface area (Å²) in [6.07, 6.45) is 1.22. The third-order valence-electron chi connectivity index (χ3n) is 4.76. The molecule has 1 fully saturated rings. The zero-order valence-electron chi connectivity index (χ0n) is 14.5. The summed E-state index contributed by atoms with van der Waals surface area (Å²) in [7, 11) is 0. The van der Waals surface area contributed by atoms with Crippen LogP contribution in [-0.2, 0) is 11.3 Å². The molecule has 0 unspecified atom stereocenters. The van der Waals surface area contributed by atoms with Crippen molar-refractivity contribution >= 4 is 0 Å². The molecule has 2 N–H and O–H groups in total. The van der Waals surface area contributed by atoms with Gasteiger partial charge in [0.2, 0.25) is 0 Å². The van der Waals surface area contributed by atoms with Gasteiger partial charge in [-0.3, -0.25) is 0 Å². The highest BCUT2D eigenvalue weighted by Gasteiger charge is 2.29.